The Kier molecular flexibility index (Phi) is 5.92. The third-order valence-corrected chi connectivity index (χ3v) is 4.05. The third-order valence-electron chi connectivity index (χ3n) is 4.05. The number of rotatable bonds is 4. The van der Waals surface area contributed by atoms with Gasteiger partial charge in [-0.25, -0.2) is 0 Å². The molecule has 1 aromatic carbocycles. The number of hydrogen-bond acceptors (Lipinski definition) is 3. The number of hydrogen-bond donors (Lipinski definition) is 1. The molecule has 1 fully saturated rings. The number of para-hydroxylation sites is 1. The van der Waals surface area contributed by atoms with E-state index in [1.807, 2.05) is 0 Å². The topological polar surface area (TPSA) is 58.6 Å². The molecule has 1 aliphatic heterocycles. The maximum absolute atomic E-state index is 13.4. The van der Waals surface area contributed by atoms with Crippen LogP contribution in [0.3, 0.4) is 0 Å². The van der Waals surface area contributed by atoms with E-state index in [0.29, 0.717) is 6.61 Å². The summed E-state index contributed by atoms with van der Waals surface area (Å²) in [5.74, 6) is -0.837. The summed E-state index contributed by atoms with van der Waals surface area (Å²) in [5, 5.41) is 2.60. The van der Waals surface area contributed by atoms with Crippen LogP contribution < -0.4 is 10.1 Å². The molecule has 1 saturated heterocycles. The van der Waals surface area contributed by atoms with E-state index in [1.54, 1.807) is 25.1 Å². The van der Waals surface area contributed by atoms with Crippen molar-refractivity contribution in [1.82, 2.24) is 10.2 Å². The summed E-state index contributed by atoms with van der Waals surface area (Å²) in [6, 6.07) is 3.85. The maximum atomic E-state index is 13.4. The Hall–Kier alpha value is -2.25. The number of benzene rings is 1. The number of nitrogens with zero attached hydrogens (tertiary/aromatic N) is 1. The second-order valence-electron chi connectivity index (χ2n) is 5.92. The quantitative estimate of drug-likeness (QED) is 0.900. The van der Waals surface area contributed by atoms with Crippen molar-refractivity contribution < 1.29 is 27.5 Å². The van der Waals surface area contributed by atoms with E-state index in [1.165, 1.54) is 13.0 Å². The van der Waals surface area contributed by atoms with Gasteiger partial charge in [0, 0.05) is 19.5 Å². The lowest BCUT2D eigenvalue weighted by molar-refractivity contribution is -0.184. The predicted molar refractivity (Wildman–Crippen MR) is 85.3 cm³/mol. The van der Waals surface area contributed by atoms with Gasteiger partial charge in [-0.1, -0.05) is 12.1 Å². The number of halogens is 3. The van der Waals surface area contributed by atoms with Gasteiger partial charge < -0.3 is 15.0 Å². The molecule has 0 spiro atoms. The van der Waals surface area contributed by atoms with E-state index in [9.17, 15) is 22.8 Å². The number of ether oxygens (including phenoxy) is 1. The minimum absolute atomic E-state index is 0.0853. The minimum atomic E-state index is -4.53. The molecule has 0 bridgehead atoms. The van der Waals surface area contributed by atoms with E-state index in [0.717, 1.165) is 4.90 Å². The molecule has 138 valence electrons. The Balaban J connectivity index is 2.32. The van der Waals surface area contributed by atoms with Crippen molar-refractivity contribution in [3.05, 3.63) is 29.8 Å². The highest BCUT2D eigenvalue weighted by Gasteiger charge is 2.48. The Morgan fingerprint density at radius 1 is 1.28 bits per heavy atom. The summed E-state index contributed by atoms with van der Waals surface area (Å²) in [6.07, 6.45) is -4.62. The fourth-order valence-electron chi connectivity index (χ4n) is 3.02. The van der Waals surface area contributed by atoms with Crippen LogP contribution in [0.4, 0.5) is 13.2 Å². The number of nitrogens with one attached hydrogen (secondary N) is 1. The fraction of sp³-hybridized carbons (Fsp3) is 0.529. The van der Waals surface area contributed by atoms with Crippen LogP contribution in [-0.4, -0.2) is 48.1 Å². The monoisotopic (exact) mass is 358 g/mol. The largest absolute Gasteiger partial charge is 0.493 e. The molecule has 0 saturated carbocycles. The summed E-state index contributed by atoms with van der Waals surface area (Å²) < 4.78 is 45.5. The van der Waals surface area contributed by atoms with Gasteiger partial charge in [0.1, 0.15) is 11.8 Å². The lowest BCUT2D eigenvalue weighted by Crippen LogP contribution is -2.58. The van der Waals surface area contributed by atoms with Crippen LogP contribution in [0.2, 0.25) is 0 Å². The zero-order valence-corrected chi connectivity index (χ0v) is 14.1. The summed E-state index contributed by atoms with van der Waals surface area (Å²) >= 11 is 0. The number of alkyl halides is 3. The summed E-state index contributed by atoms with van der Waals surface area (Å²) in [7, 11) is 0. The Morgan fingerprint density at radius 3 is 2.56 bits per heavy atom. The molecular formula is C17H21F3N2O3. The molecule has 0 unspecified atom stereocenters. The smallest absolute Gasteiger partial charge is 0.408 e. The molecule has 1 aromatic rings. The molecule has 8 heteroatoms. The minimum Gasteiger partial charge on any atom is -0.493 e. The first-order valence-corrected chi connectivity index (χ1v) is 8.10. The van der Waals surface area contributed by atoms with Crippen LogP contribution in [-0.2, 0) is 4.79 Å². The molecule has 0 aliphatic carbocycles. The molecule has 2 atom stereocenters. The second-order valence-corrected chi connectivity index (χ2v) is 5.92. The first kappa shape index (κ1) is 19.1. The SMILES string of the molecule is CCOc1ccccc1C(=O)N1C[C@@H](NC(C)=O)CC[C@H]1C(F)(F)F. The second kappa shape index (κ2) is 7.76. The molecule has 1 N–H and O–H groups in total. The van der Waals surface area contributed by atoms with Gasteiger partial charge in [-0.2, -0.15) is 13.2 Å². The van der Waals surface area contributed by atoms with Gasteiger partial charge >= 0.3 is 6.18 Å². The van der Waals surface area contributed by atoms with Crippen molar-refractivity contribution >= 4 is 11.8 Å². The number of carbonyl (C=O) groups is 2. The average Bonchev–Trinajstić information content (AvgIpc) is 2.53. The molecule has 2 amide bonds. The van der Waals surface area contributed by atoms with Crippen LogP contribution in [0.15, 0.2) is 24.3 Å². The van der Waals surface area contributed by atoms with Crippen LogP contribution in [0.25, 0.3) is 0 Å². The van der Waals surface area contributed by atoms with Crippen LogP contribution in [0.5, 0.6) is 5.75 Å². The van der Waals surface area contributed by atoms with Gasteiger partial charge in [0.05, 0.1) is 12.2 Å². The van der Waals surface area contributed by atoms with Gasteiger partial charge in [-0.05, 0) is 31.9 Å². The van der Waals surface area contributed by atoms with Crippen molar-refractivity contribution in [3.63, 3.8) is 0 Å². The van der Waals surface area contributed by atoms with Crippen molar-refractivity contribution in [2.75, 3.05) is 13.2 Å². The van der Waals surface area contributed by atoms with Crippen molar-refractivity contribution in [2.45, 2.75) is 44.9 Å². The van der Waals surface area contributed by atoms with E-state index in [2.05, 4.69) is 5.32 Å². The van der Waals surface area contributed by atoms with Crippen molar-refractivity contribution in [1.29, 1.82) is 0 Å². The molecule has 0 aromatic heterocycles. The number of likely N-dealkylation sites (tertiary alicyclic amines) is 1. The average molecular weight is 358 g/mol. The Bertz CT molecular complexity index is 634. The standard InChI is InChI=1S/C17H21F3N2O3/c1-3-25-14-7-5-4-6-13(14)16(24)22-10-12(21-11(2)23)8-9-15(22)17(18,19)20/h4-7,12,15H,3,8-10H2,1-2H3,(H,21,23)/t12-,15-/m0/s1. The normalized spacial score (nSPS) is 20.9. The summed E-state index contributed by atoms with van der Waals surface area (Å²) in [4.78, 5) is 24.8. The molecule has 1 heterocycles. The highest BCUT2D eigenvalue weighted by molar-refractivity contribution is 5.97. The van der Waals surface area contributed by atoms with E-state index in [-0.39, 0.29) is 36.6 Å². The molecule has 0 radical (unpaired) electrons. The lowest BCUT2D eigenvalue weighted by Gasteiger charge is -2.40. The highest BCUT2D eigenvalue weighted by Crippen LogP contribution is 2.34. The molecular weight excluding hydrogens is 337 g/mol. The molecule has 2 rings (SSSR count). The van der Waals surface area contributed by atoms with E-state index < -0.39 is 24.2 Å². The van der Waals surface area contributed by atoms with Gasteiger partial charge in [0.2, 0.25) is 5.91 Å². The highest BCUT2D eigenvalue weighted by atomic mass is 19.4. The van der Waals surface area contributed by atoms with E-state index in [4.69, 9.17) is 4.74 Å². The first-order chi connectivity index (χ1) is 11.7. The molecule has 25 heavy (non-hydrogen) atoms. The zero-order chi connectivity index (χ0) is 18.6. The third kappa shape index (κ3) is 4.64. The van der Waals surface area contributed by atoms with Crippen LogP contribution in [0.1, 0.15) is 37.0 Å². The zero-order valence-electron chi connectivity index (χ0n) is 14.1. The Morgan fingerprint density at radius 2 is 1.96 bits per heavy atom. The Labute approximate surface area is 144 Å². The number of amides is 2. The molecule has 5 nitrogen and oxygen atoms in total. The van der Waals surface area contributed by atoms with Crippen LogP contribution >= 0.6 is 0 Å². The number of carbonyl (C=O) groups excluding carboxylic acids is 2. The van der Waals surface area contributed by atoms with Gasteiger partial charge in [0.15, 0.2) is 0 Å². The van der Waals surface area contributed by atoms with E-state index >= 15 is 0 Å². The lowest BCUT2D eigenvalue weighted by atomic mass is 9.96. The van der Waals surface area contributed by atoms with Gasteiger partial charge in [-0.3, -0.25) is 9.59 Å². The summed E-state index contributed by atoms with van der Waals surface area (Å²) in [6.45, 7) is 3.13. The maximum Gasteiger partial charge on any atom is 0.408 e. The molecule has 1 aliphatic rings. The van der Waals surface area contributed by atoms with Crippen molar-refractivity contribution in [2.24, 2.45) is 0 Å². The van der Waals surface area contributed by atoms with Crippen molar-refractivity contribution in [3.8, 4) is 5.75 Å². The van der Waals surface area contributed by atoms with Gasteiger partial charge in [0.25, 0.3) is 5.91 Å². The van der Waals surface area contributed by atoms with Gasteiger partial charge in [-0.15, -0.1) is 0 Å². The predicted octanol–water partition coefficient (Wildman–Crippen LogP) is 2.76. The fourth-order valence-corrected chi connectivity index (χ4v) is 3.02. The summed E-state index contributed by atoms with van der Waals surface area (Å²) in [5.41, 5.74) is 0.0853. The van der Waals surface area contributed by atoms with Crippen LogP contribution in [0, 0.1) is 0 Å². The first-order valence-electron chi connectivity index (χ1n) is 8.10. The number of piperidine rings is 1.